The summed E-state index contributed by atoms with van der Waals surface area (Å²) in [6, 6.07) is 9.37. The number of hydrogen-bond acceptors (Lipinski definition) is 5. The Morgan fingerprint density at radius 3 is 2.50 bits per heavy atom. The van der Waals surface area contributed by atoms with E-state index in [0.29, 0.717) is 17.8 Å². The topological polar surface area (TPSA) is 101 Å². The minimum absolute atomic E-state index is 0.108. The quantitative estimate of drug-likeness (QED) is 0.731. The van der Waals surface area contributed by atoms with Crippen LogP contribution in [0, 0.1) is 0 Å². The van der Waals surface area contributed by atoms with Crippen molar-refractivity contribution in [3.63, 3.8) is 0 Å². The molecule has 0 saturated heterocycles. The molecule has 7 heteroatoms. The zero-order valence-electron chi connectivity index (χ0n) is 13.4. The molecule has 7 nitrogen and oxygen atoms in total. The van der Waals surface area contributed by atoms with E-state index in [1.165, 1.54) is 25.4 Å². The number of aromatic nitrogens is 1. The van der Waals surface area contributed by atoms with Gasteiger partial charge in [0.2, 0.25) is 0 Å². The minimum Gasteiger partial charge on any atom is -0.508 e. The fraction of sp³-hybridized carbons (Fsp3) is 0.235. The molecule has 2 rings (SSSR count). The minimum atomic E-state index is -0.485. The van der Waals surface area contributed by atoms with Gasteiger partial charge in [-0.1, -0.05) is 12.1 Å². The van der Waals surface area contributed by atoms with Crippen LogP contribution < -0.4 is 10.6 Å². The van der Waals surface area contributed by atoms with Crippen LogP contribution in [0.2, 0.25) is 0 Å². The first kappa shape index (κ1) is 17.3. The Balaban J connectivity index is 1.85. The molecule has 1 atom stereocenters. The largest absolute Gasteiger partial charge is 0.508 e. The molecule has 0 aliphatic heterocycles. The Bertz CT molecular complexity index is 699. The normalized spacial score (nSPS) is 11.4. The van der Waals surface area contributed by atoms with Crippen molar-refractivity contribution < 1.29 is 19.4 Å². The number of phenols is 1. The van der Waals surface area contributed by atoms with Crippen molar-refractivity contribution in [3.05, 3.63) is 53.7 Å². The van der Waals surface area contributed by atoms with E-state index < -0.39 is 5.97 Å². The molecule has 3 N–H and O–H groups in total. The number of pyridine rings is 1. The monoisotopic (exact) mass is 329 g/mol. The highest BCUT2D eigenvalue weighted by atomic mass is 16.5. The maximum atomic E-state index is 11.9. The predicted octanol–water partition coefficient (Wildman–Crippen LogP) is 2.33. The smallest absolute Gasteiger partial charge is 0.339 e. The van der Waals surface area contributed by atoms with Crippen LogP contribution in [0.4, 0.5) is 10.6 Å². The van der Waals surface area contributed by atoms with E-state index in [1.54, 1.807) is 24.3 Å². The van der Waals surface area contributed by atoms with Crippen LogP contribution in [0.25, 0.3) is 0 Å². The summed E-state index contributed by atoms with van der Waals surface area (Å²) in [5.74, 6) is 0.0524. The first-order valence-electron chi connectivity index (χ1n) is 7.37. The van der Waals surface area contributed by atoms with E-state index in [2.05, 4.69) is 20.4 Å². The first-order chi connectivity index (χ1) is 11.5. The number of carbonyl (C=O) groups excluding carboxylic acids is 2. The molecule has 126 valence electrons. The van der Waals surface area contributed by atoms with Gasteiger partial charge in [0, 0.05) is 12.2 Å². The highest BCUT2D eigenvalue weighted by Gasteiger charge is 2.10. The second-order valence-corrected chi connectivity index (χ2v) is 5.29. The Hall–Kier alpha value is -3.09. The number of ether oxygens (including phenoxy) is 1. The second kappa shape index (κ2) is 7.96. The number of phenolic OH excluding ortho intramolecular Hbond substituents is 1. The van der Waals surface area contributed by atoms with Gasteiger partial charge in [-0.25, -0.2) is 14.6 Å². The van der Waals surface area contributed by atoms with Crippen LogP contribution in [-0.2, 0) is 11.2 Å². The van der Waals surface area contributed by atoms with Crippen LogP contribution in [0.3, 0.4) is 0 Å². The number of anilines is 1. The third kappa shape index (κ3) is 4.98. The number of carbonyl (C=O) groups is 2. The summed E-state index contributed by atoms with van der Waals surface area (Å²) in [5.41, 5.74) is 1.31. The number of urea groups is 1. The molecule has 0 aliphatic rings. The number of esters is 1. The Labute approximate surface area is 139 Å². The molecule has 24 heavy (non-hydrogen) atoms. The number of methoxy groups -OCH3 is 1. The number of hydrogen-bond donors (Lipinski definition) is 3. The molecule has 1 aromatic heterocycles. The van der Waals surface area contributed by atoms with Crippen molar-refractivity contribution in [1.29, 1.82) is 0 Å². The SMILES string of the molecule is COC(=O)c1ccc(NC(=O)NC(C)Cc2ccc(O)cc2)nc1. The van der Waals surface area contributed by atoms with Crippen molar-refractivity contribution in [2.24, 2.45) is 0 Å². The fourth-order valence-corrected chi connectivity index (χ4v) is 2.12. The Morgan fingerprint density at radius 2 is 1.92 bits per heavy atom. The molecule has 0 fully saturated rings. The highest BCUT2D eigenvalue weighted by Crippen LogP contribution is 2.11. The van der Waals surface area contributed by atoms with Gasteiger partial charge >= 0.3 is 12.0 Å². The second-order valence-electron chi connectivity index (χ2n) is 5.29. The number of benzene rings is 1. The van der Waals surface area contributed by atoms with Gasteiger partial charge in [0.05, 0.1) is 12.7 Å². The summed E-state index contributed by atoms with van der Waals surface area (Å²) in [5, 5.41) is 14.6. The fourth-order valence-electron chi connectivity index (χ4n) is 2.12. The number of rotatable bonds is 5. The molecule has 0 aliphatic carbocycles. The van der Waals surface area contributed by atoms with E-state index in [1.807, 2.05) is 6.92 Å². The Kier molecular flexibility index (Phi) is 5.73. The molecule has 0 bridgehead atoms. The van der Waals surface area contributed by atoms with E-state index in [9.17, 15) is 14.7 Å². The van der Waals surface area contributed by atoms with Crippen LogP contribution in [0.5, 0.6) is 5.75 Å². The molecule has 1 unspecified atom stereocenters. The average molecular weight is 329 g/mol. The van der Waals surface area contributed by atoms with Crippen molar-refractivity contribution >= 4 is 17.8 Å². The maximum Gasteiger partial charge on any atom is 0.339 e. The number of nitrogens with one attached hydrogen (secondary N) is 2. The molecule has 2 amide bonds. The van der Waals surface area contributed by atoms with Gasteiger partial charge < -0.3 is 15.2 Å². The summed E-state index contributed by atoms with van der Waals surface area (Å²) >= 11 is 0. The lowest BCUT2D eigenvalue weighted by Gasteiger charge is -2.14. The third-order valence-corrected chi connectivity index (χ3v) is 3.28. The summed E-state index contributed by atoms with van der Waals surface area (Å²) < 4.78 is 4.58. The maximum absolute atomic E-state index is 11.9. The zero-order valence-corrected chi connectivity index (χ0v) is 13.4. The lowest BCUT2D eigenvalue weighted by molar-refractivity contribution is 0.0600. The molecular formula is C17H19N3O4. The van der Waals surface area contributed by atoms with Gasteiger partial charge in [-0.15, -0.1) is 0 Å². The van der Waals surface area contributed by atoms with E-state index >= 15 is 0 Å². The lowest BCUT2D eigenvalue weighted by Crippen LogP contribution is -2.37. The van der Waals surface area contributed by atoms with Crippen LogP contribution in [0.1, 0.15) is 22.8 Å². The van der Waals surface area contributed by atoms with Gasteiger partial charge in [0.25, 0.3) is 0 Å². The summed E-state index contributed by atoms with van der Waals surface area (Å²) in [6.45, 7) is 1.88. The number of aromatic hydroxyl groups is 1. The van der Waals surface area contributed by atoms with E-state index in [-0.39, 0.29) is 17.8 Å². The molecule has 2 aromatic rings. The van der Waals surface area contributed by atoms with Gasteiger partial charge in [0.15, 0.2) is 0 Å². The highest BCUT2D eigenvalue weighted by molar-refractivity contribution is 5.91. The Morgan fingerprint density at radius 1 is 1.21 bits per heavy atom. The summed E-state index contributed by atoms with van der Waals surface area (Å²) in [4.78, 5) is 27.2. The molecule has 0 spiro atoms. The van der Waals surface area contributed by atoms with Gasteiger partial charge in [-0.3, -0.25) is 5.32 Å². The summed E-state index contributed by atoms with van der Waals surface area (Å²) in [7, 11) is 1.29. The van der Waals surface area contributed by atoms with Crippen molar-refractivity contribution in [1.82, 2.24) is 10.3 Å². The predicted molar refractivity (Wildman–Crippen MR) is 89.0 cm³/mol. The van der Waals surface area contributed by atoms with Gasteiger partial charge in [-0.05, 0) is 43.2 Å². The van der Waals surface area contributed by atoms with Crippen molar-refractivity contribution in [2.45, 2.75) is 19.4 Å². The van der Waals surface area contributed by atoms with Crippen LogP contribution in [-0.4, -0.2) is 35.2 Å². The lowest BCUT2D eigenvalue weighted by atomic mass is 10.1. The molecular weight excluding hydrogens is 310 g/mol. The molecule has 1 aromatic carbocycles. The number of amides is 2. The van der Waals surface area contributed by atoms with Gasteiger partial charge in [0.1, 0.15) is 11.6 Å². The van der Waals surface area contributed by atoms with Gasteiger partial charge in [-0.2, -0.15) is 0 Å². The first-order valence-corrected chi connectivity index (χ1v) is 7.37. The van der Waals surface area contributed by atoms with E-state index in [4.69, 9.17) is 0 Å². The molecule has 1 heterocycles. The average Bonchev–Trinajstić information content (AvgIpc) is 2.56. The van der Waals surface area contributed by atoms with Crippen LogP contribution in [0.15, 0.2) is 42.6 Å². The van der Waals surface area contributed by atoms with Crippen molar-refractivity contribution in [3.8, 4) is 5.75 Å². The number of nitrogens with zero attached hydrogens (tertiary/aromatic N) is 1. The molecule has 0 radical (unpaired) electrons. The van der Waals surface area contributed by atoms with E-state index in [0.717, 1.165) is 5.56 Å². The molecule has 0 saturated carbocycles. The third-order valence-electron chi connectivity index (χ3n) is 3.28. The summed E-state index contributed by atoms with van der Waals surface area (Å²) in [6.07, 6.45) is 1.96. The zero-order chi connectivity index (χ0) is 17.5. The van der Waals surface area contributed by atoms with Crippen LogP contribution >= 0.6 is 0 Å². The van der Waals surface area contributed by atoms with Crippen molar-refractivity contribution in [2.75, 3.05) is 12.4 Å². The standard InChI is InChI=1S/C17H19N3O4/c1-11(9-12-3-6-14(21)7-4-12)19-17(23)20-15-8-5-13(10-18-15)16(22)24-2/h3-8,10-11,21H,9H2,1-2H3,(H2,18,19,20,23).